The van der Waals surface area contributed by atoms with E-state index >= 15 is 0 Å². The van der Waals surface area contributed by atoms with Crippen LogP contribution in [0.3, 0.4) is 0 Å². The molecule has 0 aliphatic heterocycles. The highest BCUT2D eigenvalue weighted by molar-refractivity contribution is 7.99. The van der Waals surface area contributed by atoms with Crippen molar-refractivity contribution in [2.75, 3.05) is 11.1 Å². The fourth-order valence-corrected chi connectivity index (χ4v) is 4.29. The van der Waals surface area contributed by atoms with Crippen LogP contribution in [0, 0.1) is 0 Å². The molecule has 2 aromatic carbocycles. The van der Waals surface area contributed by atoms with Crippen molar-refractivity contribution in [2.24, 2.45) is 0 Å². The van der Waals surface area contributed by atoms with E-state index in [0.717, 1.165) is 41.6 Å². The van der Waals surface area contributed by atoms with E-state index < -0.39 is 22.7 Å². The van der Waals surface area contributed by atoms with E-state index in [0.29, 0.717) is 11.0 Å². The summed E-state index contributed by atoms with van der Waals surface area (Å²) in [5.74, 6) is -0.00948. The highest BCUT2D eigenvalue weighted by Crippen LogP contribution is 2.36. The lowest BCUT2D eigenvalue weighted by Crippen LogP contribution is -2.15. The number of aryl methyl sites for hydroxylation is 1. The zero-order valence-corrected chi connectivity index (χ0v) is 20.0. The Morgan fingerprint density at radius 3 is 2.43 bits per heavy atom. The van der Waals surface area contributed by atoms with E-state index in [1.165, 1.54) is 11.6 Å². The van der Waals surface area contributed by atoms with Crippen LogP contribution < -0.4 is 5.32 Å². The van der Waals surface area contributed by atoms with Gasteiger partial charge >= 0.3 is 6.18 Å². The highest BCUT2D eigenvalue weighted by atomic mass is 35.5. The normalized spacial score (nSPS) is 11.5. The van der Waals surface area contributed by atoms with E-state index in [1.54, 1.807) is 24.5 Å². The molecule has 0 radical (unpaired) electrons. The minimum atomic E-state index is -4.63. The summed E-state index contributed by atoms with van der Waals surface area (Å²) in [6.45, 7) is 2.06. The monoisotopic (exact) mass is 517 g/mol. The molecule has 0 saturated carbocycles. The number of amides is 1. The van der Waals surface area contributed by atoms with E-state index in [9.17, 15) is 18.0 Å². The number of thioether (sulfide) groups is 1. The molecule has 1 N–H and O–H groups in total. The Bertz CT molecular complexity index is 1330. The summed E-state index contributed by atoms with van der Waals surface area (Å²) >= 11 is 6.77. The van der Waals surface area contributed by atoms with Crippen molar-refractivity contribution in [3.8, 4) is 17.1 Å². The van der Waals surface area contributed by atoms with Gasteiger partial charge in [-0.05, 0) is 54.4 Å². The Hall–Kier alpha value is -3.37. The summed E-state index contributed by atoms with van der Waals surface area (Å²) in [7, 11) is 0. The van der Waals surface area contributed by atoms with Crippen molar-refractivity contribution in [1.82, 2.24) is 19.7 Å². The molecule has 6 nitrogen and oxygen atoms in total. The highest BCUT2D eigenvalue weighted by Gasteiger charge is 2.33. The Labute approximate surface area is 208 Å². The molecule has 4 aromatic rings. The van der Waals surface area contributed by atoms with E-state index in [-0.39, 0.29) is 11.4 Å². The second-order valence-electron chi connectivity index (χ2n) is 7.43. The molecule has 2 heterocycles. The summed E-state index contributed by atoms with van der Waals surface area (Å²) < 4.78 is 41.2. The standard InChI is InChI=1S/C24H19ClF3N5OS/c1-2-15-3-6-18(7-4-15)33-22(16-9-11-29-12-10-16)31-32-23(33)35-14-21(34)30-17-5-8-20(25)19(13-17)24(26,27)28/h3-13H,2,14H2,1H3,(H,30,34). The molecular formula is C24H19ClF3N5OS. The van der Waals surface area contributed by atoms with Crippen LogP contribution in [-0.2, 0) is 17.4 Å². The van der Waals surface area contributed by atoms with Crippen LogP contribution in [0.2, 0.25) is 5.02 Å². The zero-order valence-electron chi connectivity index (χ0n) is 18.4. The number of rotatable bonds is 7. The first-order valence-electron chi connectivity index (χ1n) is 10.5. The van der Waals surface area contributed by atoms with Crippen LogP contribution in [0.4, 0.5) is 18.9 Å². The lowest BCUT2D eigenvalue weighted by molar-refractivity contribution is -0.137. The first-order chi connectivity index (χ1) is 16.8. The fourth-order valence-electron chi connectivity index (χ4n) is 3.31. The van der Waals surface area contributed by atoms with Crippen LogP contribution in [0.5, 0.6) is 0 Å². The van der Waals surface area contributed by atoms with Gasteiger partial charge in [0, 0.05) is 29.3 Å². The first-order valence-corrected chi connectivity index (χ1v) is 11.9. The Morgan fingerprint density at radius 2 is 1.77 bits per heavy atom. The third-order valence-electron chi connectivity index (χ3n) is 5.06. The maximum atomic E-state index is 13.1. The topological polar surface area (TPSA) is 72.7 Å². The number of hydrogen-bond acceptors (Lipinski definition) is 5. The number of aromatic nitrogens is 4. The first kappa shape index (κ1) is 24.7. The number of benzene rings is 2. The van der Waals surface area contributed by atoms with Crippen molar-refractivity contribution in [3.05, 3.63) is 83.1 Å². The van der Waals surface area contributed by atoms with Crippen molar-refractivity contribution >= 4 is 35.0 Å². The number of anilines is 1. The quantitative estimate of drug-likeness (QED) is 0.291. The second-order valence-corrected chi connectivity index (χ2v) is 8.78. The van der Waals surface area contributed by atoms with Gasteiger partial charge in [-0.1, -0.05) is 42.4 Å². The van der Waals surface area contributed by atoms with Gasteiger partial charge in [0.05, 0.1) is 16.3 Å². The molecule has 0 saturated heterocycles. The number of carbonyl (C=O) groups excluding carboxylic acids is 1. The molecule has 4 rings (SSSR count). The lowest BCUT2D eigenvalue weighted by Gasteiger charge is -2.12. The van der Waals surface area contributed by atoms with Crippen LogP contribution in [-0.4, -0.2) is 31.4 Å². The SMILES string of the molecule is CCc1ccc(-n2c(SCC(=O)Nc3ccc(Cl)c(C(F)(F)F)c3)nnc2-c2ccncc2)cc1. The van der Waals surface area contributed by atoms with E-state index in [1.807, 2.05) is 28.8 Å². The summed E-state index contributed by atoms with van der Waals surface area (Å²) in [5, 5.41) is 11.1. The molecule has 35 heavy (non-hydrogen) atoms. The number of carbonyl (C=O) groups is 1. The van der Waals surface area contributed by atoms with Gasteiger partial charge in [-0.2, -0.15) is 13.2 Å². The number of halogens is 4. The van der Waals surface area contributed by atoms with Gasteiger partial charge in [0.1, 0.15) is 0 Å². The molecular weight excluding hydrogens is 499 g/mol. The average molecular weight is 518 g/mol. The molecule has 0 bridgehead atoms. The Kier molecular flexibility index (Phi) is 7.42. The maximum Gasteiger partial charge on any atom is 0.417 e. The molecule has 0 aliphatic carbocycles. The summed E-state index contributed by atoms with van der Waals surface area (Å²) in [4.78, 5) is 16.6. The number of hydrogen-bond donors (Lipinski definition) is 1. The van der Waals surface area contributed by atoms with Crippen LogP contribution in [0.15, 0.2) is 72.1 Å². The van der Waals surface area contributed by atoms with Gasteiger partial charge < -0.3 is 5.32 Å². The third-order valence-corrected chi connectivity index (χ3v) is 6.32. The molecule has 2 aromatic heterocycles. The minimum Gasteiger partial charge on any atom is -0.325 e. The van der Waals surface area contributed by atoms with Crippen LogP contribution in [0.25, 0.3) is 17.1 Å². The van der Waals surface area contributed by atoms with E-state index in [2.05, 4.69) is 27.4 Å². The molecule has 0 unspecified atom stereocenters. The van der Waals surface area contributed by atoms with Crippen molar-refractivity contribution in [3.63, 3.8) is 0 Å². The molecule has 0 atom stereocenters. The van der Waals surface area contributed by atoms with Gasteiger partial charge in [0.2, 0.25) is 5.91 Å². The summed E-state index contributed by atoms with van der Waals surface area (Å²) in [5.41, 5.74) is 1.77. The largest absolute Gasteiger partial charge is 0.417 e. The van der Waals surface area contributed by atoms with E-state index in [4.69, 9.17) is 11.6 Å². The molecule has 0 aliphatic rings. The molecule has 0 fully saturated rings. The average Bonchev–Trinajstić information content (AvgIpc) is 3.28. The lowest BCUT2D eigenvalue weighted by atomic mass is 10.1. The second kappa shape index (κ2) is 10.5. The van der Waals surface area contributed by atoms with Gasteiger partial charge in [-0.25, -0.2) is 0 Å². The number of pyridine rings is 1. The molecule has 1 amide bonds. The summed E-state index contributed by atoms with van der Waals surface area (Å²) in [6, 6.07) is 14.8. The number of alkyl halides is 3. The van der Waals surface area contributed by atoms with Gasteiger partial charge in [0.15, 0.2) is 11.0 Å². The smallest absolute Gasteiger partial charge is 0.325 e. The third kappa shape index (κ3) is 5.83. The van der Waals surface area contributed by atoms with Gasteiger partial charge in [-0.3, -0.25) is 14.3 Å². The van der Waals surface area contributed by atoms with Crippen LogP contribution in [0.1, 0.15) is 18.1 Å². The van der Waals surface area contributed by atoms with Gasteiger partial charge in [0.25, 0.3) is 0 Å². The number of nitrogens with one attached hydrogen (secondary N) is 1. The molecule has 11 heteroatoms. The zero-order chi connectivity index (χ0) is 25.0. The van der Waals surface area contributed by atoms with Crippen molar-refractivity contribution in [2.45, 2.75) is 24.7 Å². The van der Waals surface area contributed by atoms with Gasteiger partial charge in [-0.15, -0.1) is 10.2 Å². The predicted molar refractivity (Wildman–Crippen MR) is 130 cm³/mol. The predicted octanol–water partition coefficient (Wildman–Crippen LogP) is 6.29. The minimum absolute atomic E-state index is 0.00132. The molecule has 0 spiro atoms. The summed E-state index contributed by atoms with van der Waals surface area (Å²) in [6.07, 6.45) is -0.436. The number of nitrogens with zero attached hydrogens (tertiary/aromatic N) is 4. The van der Waals surface area contributed by atoms with Crippen LogP contribution >= 0.6 is 23.4 Å². The van der Waals surface area contributed by atoms with Crippen molar-refractivity contribution in [1.29, 1.82) is 0 Å². The maximum absolute atomic E-state index is 13.1. The fraction of sp³-hybridized carbons (Fsp3) is 0.167. The Morgan fingerprint density at radius 1 is 1.06 bits per heavy atom. The van der Waals surface area contributed by atoms with Crippen molar-refractivity contribution < 1.29 is 18.0 Å². The Balaban J connectivity index is 1.56. The molecule has 180 valence electrons.